The van der Waals surface area contributed by atoms with Gasteiger partial charge in [0.15, 0.2) is 11.5 Å². The monoisotopic (exact) mass is 428 g/mol. The van der Waals surface area contributed by atoms with Gasteiger partial charge in [-0.25, -0.2) is 0 Å². The predicted molar refractivity (Wildman–Crippen MR) is 114 cm³/mol. The van der Waals surface area contributed by atoms with Crippen LogP contribution in [0.3, 0.4) is 0 Å². The molecule has 0 aliphatic carbocycles. The molecule has 0 amide bonds. The largest absolute Gasteiger partial charge is 0.490 e. The van der Waals surface area contributed by atoms with Crippen LogP contribution in [-0.2, 0) is 6.61 Å². The Hall–Kier alpha value is -2.94. The molecule has 1 N–H and O–H groups in total. The molecule has 0 spiro atoms. The smallest absolute Gasteiger partial charge is 0.266 e. The standard InChI is InChI=1S/C22H18Cl2N2O3/c1-3-28-21-9-14(17-8-13(2)26-22(27)18(17)11-25)5-7-20(21)29-12-15-4-6-16(23)10-19(15)24/h4-10H,3,12H2,1-2H3,(H,26,27). The molecule has 0 atom stereocenters. The number of ether oxygens (including phenoxy) is 2. The zero-order chi connectivity index (χ0) is 21.0. The van der Waals surface area contributed by atoms with Crippen molar-refractivity contribution in [2.75, 3.05) is 6.61 Å². The van der Waals surface area contributed by atoms with Gasteiger partial charge in [0, 0.05) is 26.9 Å². The molecular formula is C22H18Cl2N2O3. The maximum Gasteiger partial charge on any atom is 0.266 e. The summed E-state index contributed by atoms with van der Waals surface area (Å²) >= 11 is 12.1. The maximum atomic E-state index is 12.1. The fourth-order valence-electron chi connectivity index (χ4n) is 2.88. The number of H-pyrrole nitrogens is 1. The Kier molecular flexibility index (Phi) is 6.48. The Labute approximate surface area is 178 Å². The van der Waals surface area contributed by atoms with Crippen molar-refractivity contribution in [1.29, 1.82) is 5.26 Å². The van der Waals surface area contributed by atoms with Crippen LogP contribution in [0.2, 0.25) is 10.0 Å². The molecule has 3 rings (SSSR count). The Morgan fingerprint density at radius 3 is 2.55 bits per heavy atom. The zero-order valence-corrected chi connectivity index (χ0v) is 17.4. The second-order valence-corrected chi connectivity index (χ2v) is 7.14. The van der Waals surface area contributed by atoms with Gasteiger partial charge >= 0.3 is 0 Å². The van der Waals surface area contributed by atoms with Gasteiger partial charge in [-0.05, 0) is 49.7 Å². The number of nitriles is 1. The average molecular weight is 429 g/mol. The summed E-state index contributed by atoms with van der Waals surface area (Å²) in [5.41, 5.74) is 2.33. The number of benzene rings is 2. The molecule has 1 heterocycles. The third kappa shape index (κ3) is 4.73. The van der Waals surface area contributed by atoms with Crippen LogP contribution >= 0.6 is 23.2 Å². The predicted octanol–water partition coefficient (Wildman–Crippen LogP) is 5.51. The summed E-state index contributed by atoms with van der Waals surface area (Å²) in [6, 6.07) is 14.2. The second kappa shape index (κ2) is 9.04. The molecule has 5 nitrogen and oxygen atoms in total. The van der Waals surface area contributed by atoms with Gasteiger partial charge in [0.25, 0.3) is 5.56 Å². The van der Waals surface area contributed by atoms with Crippen LogP contribution in [0.1, 0.15) is 23.7 Å². The van der Waals surface area contributed by atoms with E-state index in [2.05, 4.69) is 4.98 Å². The molecule has 0 aliphatic heterocycles. The molecule has 0 fully saturated rings. The van der Waals surface area contributed by atoms with Crippen molar-refractivity contribution < 1.29 is 9.47 Å². The van der Waals surface area contributed by atoms with Crippen LogP contribution in [-0.4, -0.2) is 11.6 Å². The highest BCUT2D eigenvalue weighted by atomic mass is 35.5. The number of aromatic amines is 1. The Bertz CT molecular complexity index is 1150. The highest BCUT2D eigenvalue weighted by Crippen LogP contribution is 2.34. The van der Waals surface area contributed by atoms with Gasteiger partial charge < -0.3 is 14.5 Å². The van der Waals surface area contributed by atoms with Crippen molar-refractivity contribution in [2.24, 2.45) is 0 Å². The van der Waals surface area contributed by atoms with E-state index < -0.39 is 5.56 Å². The first-order chi connectivity index (χ1) is 13.9. The molecule has 7 heteroatoms. The third-order valence-corrected chi connectivity index (χ3v) is 4.82. The third-order valence-electron chi connectivity index (χ3n) is 4.23. The lowest BCUT2D eigenvalue weighted by Crippen LogP contribution is -2.12. The summed E-state index contributed by atoms with van der Waals surface area (Å²) in [6.07, 6.45) is 0. The first kappa shape index (κ1) is 20.8. The highest BCUT2D eigenvalue weighted by molar-refractivity contribution is 6.35. The molecule has 0 aliphatic rings. The molecule has 3 aromatic rings. The first-order valence-electron chi connectivity index (χ1n) is 8.91. The second-order valence-electron chi connectivity index (χ2n) is 6.30. The highest BCUT2D eigenvalue weighted by Gasteiger charge is 2.14. The van der Waals surface area contributed by atoms with Crippen molar-refractivity contribution in [3.05, 3.63) is 79.7 Å². The fraction of sp³-hybridized carbons (Fsp3) is 0.182. The SMILES string of the molecule is CCOc1cc(-c2cc(C)[nH]c(=O)c2C#N)ccc1OCc1ccc(Cl)cc1Cl. The van der Waals surface area contributed by atoms with Crippen LogP contribution in [0.15, 0.2) is 47.3 Å². The Balaban J connectivity index is 1.96. The van der Waals surface area contributed by atoms with Crippen LogP contribution in [0.5, 0.6) is 11.5 Å². The Morgan fingerprint density at radius 1 is 1.07 bits per heavy atom. The van der Waals surface area contributed by atoms with Gasteiger partial charge in [-0.2, -0.15) is 5.26 Å². The molecule has 0 bridgehead atoms. The summed E-state index contributed by atoms with van der Waals surface area (Å²) < 4.78 is 11.6. The van der Waals surface area contributed by atoms with Gasteiger partial charge in [0.1, 0.15) is 18.2 Å². The van der Waals surface area contributed by atoms with Crippen molar-refractivity contribution in [3.8, 4) is 28.7 Å². The van der Waals surface area contributed by atoms with Gasteiger partial charge in [0.2, 0.25) is 0 Å². The quantitative estimate of drug-likeness (QED) is 0.561. The molecule has 0 saturated heterocycles. The van der Waals surface area contributed by atoms with Crippen LogP contribution in [0, 0.1) is 18.3 Å². The number of aryl methyl sites for hydroxylation is 1. The number of aromatic nitrogens is 1. The van der Waals surface area contributed by atoms with E-state index in [0.717, 1.165) is 5.56 Å². The number of nitrogens with zero attached hydrogens (tertiary/aromatic N) is 1. The van der Waals surface area contributed by atoms with E-state index in [1.807, 2.05) is 13.0 Å². The van der Waals surface area contributed by atoms with E-state index in [0.29, 0.717) is 45.0 Å². The van der Waals surface area contributed by atoms with E-state index in [1.54, 1.807) is 49.4 Å². The van der Waals surface area contributed by atoms with Crippen LogP contribution in [0.25, 0.3) is 11.1 Å². The van der Waals surface area contributed by atoms with Crippen molar-refractivity contribution in [1.82, 2.24) is 4.98 Å². The van der Waals surface area contributed by atoms with Gasteiger partial charge in [-0.1, -0.05) is 35.3 Å². The summed E-state index contributed by atoms with van der Waals surface area (Å²) in [7, 11) is 0. The number of halogens is 2. The molecule has 0 radical (unpaired) electrons. The molecule has 0 unspecified atom stereocenters. The van der Waals surface area contributed by atoms with Crippen molar-refractivity contribution in [2.45, 2.75) is 20.5 Å². The zero-order valence-electron chi connectivity index (χ0n) is 15.9. The number of hydrogen-bond donors (Lipinski definition) is 1. The molecule has 148 valence electrons. The summed E-state index contributed by atoms with van der Waals surface area (Å²) in [5, 5.41) is 10.5. The number of nitrogens with one attached hydrogen (secondary N) is 1. The van der Waals surface area contributed by atoms with E-state index >= 15 is 0 Å². The summed E-state index contributed by atoms with van der Waals surface area (Å²) in [5.74, 6) is 1.04. The van der Waals surface area contributed by atoms with Gasteiger partial charge in [-0.3, -0.25) is 4.79 Å². The van der Waals surface area contributed by atoms with Gasteiger partial charge in [0.05, 0.1) is 6.61 Å². The summed E-state index contributed by atoms with van der Waals surface area (Å²) in [6.45, 7) is 4.30. The normalized spacial score (nSPS) is 10.4. The lowest BCUT2D eigenvalue weighted by Gasteiger charge is -2.15. The van der Waals surface area contributed by atoms with Gasteiger partial charge in [-0.15, -0.1) is 0 Å². The topological polar surface area (TPSA) is 75.1 Å². The van der Waals surface area contributed by atoms with E-state index in [9.17, 15) is 10.1 Å². The average Bonchev–Trinajstić information content (AvgIpc) is 2.68. The molecule has 0 saturated carbocycles. The fourth-order valence-corrected chi connectivity index (χ4v) is 3.35. The number of pyridine rings is 1. The number of hydrogen-bond acceptors (Lipinski definition) is 4. The summed E-state index contributed by atoms with van der Waals surface area (Å²) in [4.78, 5) is 14.7. The van der Waals surface area contributed by atoms with E-state index in [4.69, 9.17) is 32.7 Å². The number of rotatable bonds is 6. The maximum absolute atomic E-state index is 12.1. The van der Waals surface area contributed by atoms with Crippen molar-refractivity contribution in [3.63, 3.8) is 0 Å². The first-order valence-corrected chi connectivity index (χ1v) is 9.66. The molecule has 2 aromatic carbocycles. The van der Waals surface area contributed by atoms with Crippen LogP contribution in [0.4, 0.5) is 0 Å². The molecular weight excluding hydrogens is 411 g/mol. The van der Waals surface area contributed by atoms with E-state index in [1.165, 1.54) is 0 Å². The van der Waals surface area contributed by atoms with E-state index in [-0.39, 0.29) is 12.2 Å². The minimum Gasteiger partial charge on any atom is -0.490 e. The molecule has 1 aromatic heterocycles. The Morgan fingerprint density at radius 2 is 1.86 bits per heavy atom. The minimum atomic E-state index is -0.418. The minimum absolute atomic E-state index is 0.0552. The molecule has 29 heavy (non-hydrogen) atoms. The lowest BCUT2D eigenvalue weighted by atomic mass is 10.0. The van der Waals surface area contributed by atoms with Crippen LogP contribution < -0.4 is 15.0 Å². The lowest BCUT2D eigenvalue weighted by molar-refractivity contribution is 0.269. The van der Waals surface area contributed by atoms with Crippen molar-refractivity contribution >= 4 is 23.2 Å².